The summed E-state index contributed by atoms with van der Waals surface area (Å²) in [6, 6.07) is 8.30. The number of likely N-dealkylation sites (tertiary alicyclic amines) is 1. The Hall–Kier alpha value is -1.55. The molecular formula is C16H22N2O2. The lowest BCUT2D eigenvalue weighted by atomic mass is 9.92. The van der Waals surface area contributed by atoms with Crippen LogP contribution in [0.25, 0.3) is 0 Å². The van der Waals surface area contributed by atoms with E-state index in [-0.39, 0.29) is 11.9 Å². The number of carbonyl (C=O) groups is 1. The Morgan fingerprint density at radius 3 is 2.90 bits per heavy atom. The molecule has 0 spiro atoms. The van der Waals surface area contributed by atoms with Crippen LogP contribution in [0.2, 0.25) is 0 Å². The van der Waals surface area contributed by atoms with Crippen LogP contribution in [0.3, 0.4) is 0 Å². The van der Waals surface area contributed by atoms with E-state index in [1.807, 2.05) is 23.1 Å². The van der Waals surface area contributed by atoms with Gasteiger partial charge in [0.2, 0.25) is 5.91 Å². The molecule has 1 aromatic rings. The second-order valence-corrected chi connectivity index (χ2v) is 5.77. The Bertz CT molecular complexity index is 483. The lowest BCUT2D eigenvalue weighted by molar-refractivity contribution is -0.129. The smallest absolute Gasteiger partial charge is 0.236 e. The van der Waals surface area contributed by atoms with E-state index in [0.717, 1.165) is 31.7 Å². The third kappa shape index (κ3) is 2.66. The number of amides is 1. The first-order valence-corrected chi connectivity index (χ1v) is 7.48. The second kappa shape index (κ2) is 5.83. The SMILES string of the molecule is CC1COc2ccccc2C1NCC(=O)N1CCCC1. The minimum atomic E-state index is 0.200. The number of fused-ring (bicyclic) bond motifs is 1. The number of nitrogens with one attached hydrogen (secondary N) is 1. The van der Waals surface area contributed by atoms with Crippen LogP contribution in [-0.2, 0) is 4.79 Å². The van der Waals surface area contributed by atoms with Gasteiger partial charge in [-0.25, -0.2) is 0 Å². The number of benzene rings is 1. The molecule has 2 unspecified atom stereocenters. The molecular weight excluding hydrogens is 252 g/mol. The van der Waals surface area contributed by atoms with E-state index in [2.05, 4.69) is 18.3 Å². The number of ether oxygens (including phenoxy) is 1. The normalized spacial score (nSPS) is 25.1. The Morgan fingerprint density at radius 2 is 2.10 bits per heavy atom. The van der Waals surface area contributed by atoms with Crippen LogP contribution in [0.15, 0.2) is 24.3 Å². The van der Waals surface area contributed by atoms with Crippen molar-refractivity contribution < 1.29 is 9.53 Å². The highest BCUT2D eigenvalue weighted by atomic mass is 16.5. The van der Waals surface area contributed by atoms with E-state index < -0.39 is 0 Å². The van der Waals surface area contributed by atoms with Gasteiger partial charge in [0.1, 0.15) is 5.75 Å². The van der Waals surface area contributed by atoms with Gasteiger partial charge in [0.15, 0.2) is 0 Å². The first-order valence-electron chi connectivity index (χ1n) is 7.48. The summed E-state index contributed by atoms with van der Waals surface area (Å²) < 4.78 is 5.74. The molecule has 1 amide bonds. The van der Waals surface area contributed by atoms with Crippen LogP contribution in [0.5, 0.6) is 5.75 Å². The highest BCUT2D eigenvalue weighted by Crippen LogP contribution is 2.34. The summed E-state index contributed by atoms with van der Waals surface area (Å²) in [5, 5.41) is 3.43. The second-order valence-electron chi connectivity index (χ2n) is 5.77. The minimum absolute atomic E-state index is 0.200. The largest absolute Gasteiger partial charge is 0.493 e. The van der Waals surface area contributed by atoms with Gasteiger partial charge in [-0.15, -0.1) is 0 Å². The zero-order valence-corrected chi connectivity index (χ0v) is 12.0. The van der Waals surface area contributed by atoms with Gasteiger partial charge in [0.25, 0.3) is 0 Å². The molecule has 0 radical (unpaired) electrons. The summed E-state index contributed by atoms with van der Waals surface area (Å²) in [5.41, 5.74) is 1.17. The first kappa shape index (κ1) is 13.4. The van der Waals surface area contributed by atoms with Crippen molar-refractivity contribution in [2.75, 3.05) is 26.2 Å². The molecule has 108 valence electrons. The highest BCUT2D eigenvalue weighted by Gasteiger charge is 2.28. The molecule has 1 N–H and O–H groups in total. The third-order valence-electron chi connectivity index (χ3n) is 4.26. The van der Waals surface area contributed by atoms with Gasteiger partial charge in [0.05, 0.1) is 13.2 Å². The lowest BCUT2D eigenvalue weighted by Crippen LogP contribution is -2.41. The molecule has 1 aromatic carbocycles. The topological polar surface area (TPSA) is 41.6 Å². The zero-order valence-electron chi connectivity index (χ0n) is 12.0. The van der Waals surface area contributed by atoms with Crippen molar-refractivity contribution in [1.82, 2.24) is 10.2 Å². The number of hydrogen-bond donors (Lipinski definition) is 1. The maximum Gasteiger partial charge on any atom is 0.236 e. The van der Waals surface area contributed by atoms with Crippen molar-refractivity contribution >= 4 is 5.91 Å². The Balaban J connectivity index is 1.65. The van der Waals surface area contributed by atoms with Crippen molar-refractivity contribution in [3.63, 3.8) is 0 Å². The summed E-state index contributed by atoms with van der Waals surface area (Å²) in [7, 11) is 0. The maximum atomic E-state index is 12.1. The molecule has 1 saturated heterocycles. The Kier molecular flexibility index (Phi) is 3.92. The summed E-state index contributed by atoms with van der Waals surface area (Å²) in [6.45, 7) is 5.12. The van der Waals surface area contributed by atoms with Crippen molar-refractivity contribution in [2.24, 2.45) is 5.92 Å². The number of hydrogen-bond acceptors (Lipinski definition) is 3. The fraction of sp³-hybridized carbons (Fsp3) is 0.562. The van der Waals surface area contributed by atoms with Gasteiger partial charge in [-0.2, -0.15) is 0 Å². The van der Waals surface area contributed by atoms with Crippen LogP contribution in [-0.4, -0.2) is 37.0 Å². The maximum absolute atomic E-state index is 12.1. The summed E-state index contributed by atoms with van der Waals surface area (Å²) in [4.78, 5) is 14.1. The van der Waals surface area contributed by atoms with E-state index in [4.69, 9.17) is 4.74 Å². The number of rotatable bonds is 3. The first-order chi connectivity index (χ1) is 9.75. The highest BCUT2D eigenvalue weighted by molar-refractivity contribution is 5.78. The molecule has 2 aliphatic rings. The van der Waals surface area contributed by atoms with Crippen molar-refractivity contribution in [1.29, 1.82) is 0 Å². The predicted octanol–water partition coefficient (Wildman–Crippen LogP) is 1.97. The standard InChI is InChI=1S/C16H22N2O2/c1-12-11-20-14-7-3-2-6-13(14)16(12)17-10-15(19)18-8-4-5-9-18/h2-3,6-7,12,16-17H,4-5,8-11H2,1H3. The molecule has 2 heterocycles. The van der Waals surface area contributed by atoms with Crippen LogP contribution in [0.1, 0.15) is 31.4 Å². The predicted molar refractivity (Wildman–Crippen MR) is 77.7 cm³/mol. The van der Waals surface area contributed by atoms with E-state index >= 15 is 0 Å². The molecule has 4 nitrogen and oxygen atoms in total. The summed E-state index contributed by atoms with van der Waals surface area (Å²) >= 11 is 0. The van der Waals surface area contributed by atoms with E-state index in [1.54, 1.807) is 0 Å². The molecule has 3 rings (SSSR count). The number of nitrogens with zero attached hydrogens (tertiary/aromatic N) is 1. The Morgan fingerprint density at radius 1 is 1.35 bits per heavy atom. The van der Waals surface area contributed by atoms with Crippen LogP contribution < -0.4 is 10.1 Å². The zero-order chi connectivity index (χ0) is 13.9. The van der Waals surface area contributed by atoms with Crippen LogP contribution >= 0.6 is 0 Å². The average molecular weight is 274 g/mol. The number of carbonyl (C=O) groups excluding carboxylic acids is 1. The van der Waals surface area contributed by atoms with Gasteiger partial charge < -0.3 is 15.0 Å². The Labute approximate surface area is 120 Å². The lowest BCUT2D eigenvalue weighted by Gasteiger charge is -2.32. The molecule has 2 aliphatic heterocycles. The quantitative estimate of drug-likeness (QED) is 0.916. The monoisotopic (exact) mass is 274 g/mol. The average Bonchev–Trinajstić information content (AvgIpc) is 3.00. The van der Waals surface area contributed by atoms with E-state index in [9.17, 15) is 4.79 Å². The molecule has 0 aliphatic carbocycles. The molecule has 20 heavy (non-hydrogen) atoms. The van der Waals surface area contributed by atoms with Gasteiger partial charge in [0, 0.05) is 30.6 Å². The summed E-state index contributed by atoms with van der Waals surface area (Å²) in [5.74, 6) is 1.53. The van der Waals surface area contributed by atoms with E-state index in [1.165, 1.54) is 5.56 Å². The van der Waals surface area contributed by atoms with Crippen molar-refractivity contribution in [2.45, 2.75) is 25.8 Å². The minimum Gasteiger partial charge on any atom is -0.493 e. The molecule has 1 fully saturated rings. The number of para-hydroxylation sites is 1. The van der Waals surface area contributed by atoms with Crippen LogP contribution in [0, 0.1) is 5.92 Å². The van der Waals surface area contributed by atoms with Crippen molar-refractivity contribution in [3.05, 3.63) is 29.8 Å². The third-order valence-corrected chi connectivity index (χ3v) is 4.26. The molecule has 4 heteroatoms. The van der Waals surface area contributed by atoms with Gasteiger partial charge in [-0.3, -0.25) is 4.79 Å². The molecule has 0 bridgehead atoms. The van der Waals surface area contributed by atoms with Gasteiger partial charge in [-0.1, -0.05) is 25.1 Å². The summed E-state index contributed by atoms with van der Waals surface area (Å²) in [6.07, 6.45) is 2.28. The van der Waals surface area contributed by atoms with Gasteiger partial charge in [-0.05, 0) is 18.9 Å². The van der Waals surface area contributed by atoms with Crippen molar-refractivity contribution in [3.8, 4) is 5.75 Å². The molecule has 0 saturated carbocycles. The van der Waals surface area contributed by atoms with Gasteiger partial charge >= 0.3 is 0 Å². The van der Waals surface area contributed by atoms with Crippen LogP contribution in [0.4, 0.5) is 0 Å². The fourth-order valence-electron chi connectivity index (χ4n) is 3.08. The molecule has 0 aromatic heterocycles. The van der Waals surface area contributed by atoms with E-state index in [0.29, 0.717) is 19.1 Å². The molecule has 2 atom stereocenters. The fourth-order valence-corrected chi connectivity index (χ4v) is 3.08.